The third-order valence-corrected chi connectivity index (χ3v) is 5.24. The Labute approximate surface area is 124 Å². The molecular weight excluding hydrogens is 298 g/mol. The molecule has 1 aromatic carbocycles. The first kappa shape index (κ1) is 15.2. The van der Waals surface area contributed by atoms with Gasteiger partial charge in [0.2, 0.25) is 10.0 Å². The summed E-state index contributed by atoms with van der Waals surface area (Å²) in [5.41, 5.74) is 1.13. The molecule has 1 atom stereocenters. The van der Waals surface area contributed by atoms with Crippen LogP contribution in [0.4, 0.5) is 5.69 Å². The van der Waals surface area contributed by atoms with E-state index in [0.717, 1.165) is 0 Å². The number of aliphatic hydroxyl groups is 1. The normalized spacial score (nSPS) is 20.6. The highest BCUT2D eigenvalue weighted by Gasteiger charge is 2.34. The first-order valence-corrected chi connectivity index (χ1v) is 8.32. The van der Waals surface area contributed by atoms with Crippen molar-refractivity contribution in [3.63, 3.8) is 0 Å². The van der Waals surface area contributed by atoms with Gasteiger partial charge in [0.05, 0.1) is 23.6 Å². The van der Waals surface area contributed by atoms with Crippen molar-refractivity contribution in [3.05, 3.63) is 28.8 Å². The first-order valence-electron chi connectivity index (χ1n) is 6.34. The lowest BCUT2D eigenvalue weighted by molar-refractivity contribution is 0.305. The molecule has 6 heteroatoms. The van der Waals surface area contributed by atoms with Crippen LogP contribution in [0.1, 0.15) is 18.9 Å². The Morgan fingerprint density at radius 1 is 1.50 bits per heavy atom. The molecule has 4 nitrogen and oxygen atoms in total. The third-order valence-electron chi connectivity index (χ3n) is 3.00. The second-order valence-corrected chi connectivity index (χ2v) is 7.23. The highest BCUT2D eigenvalue weighted by Crippen LogP contribution is 2.31. The summed E-state index contributed by atoms with van der Waals surface area (Å²) >= 11 is 5.95. The molecule has 0 saturated carbocycles. The predicted octanol–water partition coefficient (Wildman–Crippen LogP) is 1.86. The molecule has 0 amide bonds. The van der Waals surface area contributed by atoms with Gasteiger partial charge in [-0.25, -0.2) is 8.42 Å². The monoisotopic (exact) mass is 313 g/mol. The topological polar surface area (TPSA) is 57.6 Å². The molecule has 1 saturated heterocycles. The summed E-state index contributed by atoms with van der Waals surface area (Å²) in [6.07, 6.45) is 0.342. The van der Waals surface area contributed by atoms with E-state index in [2.05, 4.69) is 11.8 Å². The lowest BCUT2D eigenvalue weighted by atomic mass is 10.1. The SMILES string of the molecule is CC1CN(c2ccc(Cl)cc2C#CCCO)S(=O)(=O)C1. The van der Waals surface area contributed by atoms with E-state index in [1.807, 2.05) is 6.92 Å². The van der Waals surface area contributed by atoms with Crippen molar-refractivity contribution in [2.75, 3.05) is 23.2 Å². The van der Waals surface area contributed by atoms with Gasteiger partial charge in [-0.15, -0.1) is 0 Å². The lowest BCUT2D eigenvalue weighted by Crippen LogP contribution is -2.26. The molecule has 20 heavy (non-hydrogen) atoms. The second-order valence-electron chi connectivity index (χ2n) is 4.85. The van der Waals surface area contributed by atoms with Crippen molar-refractivity contribution in [2.45, 2.75) is 13.3 Å². The standard InChI is InChI=1S/C14H16ClNO3S/c1-11-9-16(20(18,19)10-11)14-6-5-13(15)8-12(14)4-2-3-7-17/h5-6,8,11,17H,3,7,9-10H2,1H3. The Hall–Kier alpha value is -1.22. The number of benzene rings is 1. The molecule has 1 aliphatic rings. The molecule has 2 rings (SSSR count). The van der Waals surface area contributed by atoms with Crippen LogP contribution in [0.5, 0.6) is 0 Å². The second kappa shape index (κ2) is 6.04. The zero-order chi connectivity index (χ0) is 14.8. The van der Waals surface area contributed by atoms with Gasteiger partial charge >= 0.3 is 0 Å². The van der Waals surface area contributed by atoms with Crippen molar-refractivity contribution < 1.29 is 13.5 Å². The van der Waals surface area contributed by atoms with Gasteiger partial charge in [-0.1, -0.05) is 30.4 Å². The van der Waals surface area contributed by atoms with E-state index in [0.29, 0.717) is 29.2 Å². The number of hydrogen-bond acceptors (Lipinski definition) is 3. The number of anilines is 1. The number of nitrogens with zero attached hydrogens (tertiary/aromatic N) is 1. The van der Waals surface area contributed by atoms with E-state index < -0.39 is 10.0 Å². The molecule has 108 valence electrons. The van der Waals surface area contributed by atoms with E-state index in [1.54, 1.807) is 18.2 Å². The van der Waals surface area contributed by atoms with Gasteiger partial charge in [0.25, 0.3) is 0 Å². The minimum absolute atomic E-state index is 0.0258. The van der Waals surface area contributed by atoms with Crippen LogP contribution in [-0.4, -0.2) is 32.4 Å². The van der Waals surface area contributed by atoms with Gasteiger partial charge < -0.3 is 5.11 Å². The van der Waals surface area contributed by atoms with E-state index >= 15 is 0 Å². The smallest absolute Gasteiger partial charge is 0.235 e. The summed E-state index contributed by atoms with van der Waals surface area (Å²) in [5, 5.41) is 9.27. The Kier molecular flexibility index (Phi) is 4.59. The van der Waals surface area contributed by atoms with Crippen LogP contribution >= 0.6 is 11.6 Å². The molecular formula is C14H16ClNO3S. The van der Waals surface area contributed by atoms with Crippen LogP contribution in [0.2, 0.25) is 5.02 Å². The zero-order valence-corrected chi connectivity index (χ0v) is 12.7. The van der Waals surface area contributed by atoms with E-state index in [1.165, 1.54) is 4.31 Å². The quantitative estimate of drug-likeness (QED) is 0.848. The maximum Gasteiger partial charge on any atom is 0.235 e. The number of sulfonamides is 1. The fraction of sp³-hybridized carbons (Fsp3) is 0.429. The predicted molar refractivity (Wildman–Crippen MR) is 80.3 cm³/mol. The van der Waals surface area contributed by atoms with E-state index in [-0.39, 0.29) is 18.3 Å². The number of rotatable bonds is 2. The Morgan fingerprint density at radius 2 is 2.25 bits per heavy atom. The number of aliphatic hydroxyl groups excluding tert-OH is 1. The van der Waals surface area contributed by atoms with Crippen molar-refractivity contribution in [1.29, 1.82) is 0 Å². The van der Waals surface area contributed by atoms with Crippen LogP contribution in [0.3, 0.4) is 0 Å². The van der Waals surface area contributed by atoms with Gasteiger partial charge in [0.1, 0.15) is 0 Å². The fourth-order valence-corrected chi connectivity index (χ4v) is 4.30. The van der Waals surface area contributed by atoms with Gasteiger partial charge in [-0.2, -0.15) is 0 Å². The Morgan fingerprint density at radius 3 is 2.85 bits per heavy atom. The maximum absolute atomic E-state index is 12.1. The van der Waals surface area contributed by atoms with Crippen molar-refractivity contribution in [3.8, 4) is 11.8 Å². The van der Waals surface area contributed by atoms with Crippen molar-refractivity contribution >= 4 is 27.3 Å². The molecule has 0 bridgehead atoms. The molecule has 1 fully saturated rings. The average molecular weight is 314 g/mol. The summed E-state index contributed by atoms with van der Waals surface area (Å²) in [6.45, 7) is 2.34. The van der Waals surface area contributed by atoms with Crippen LogP contribution in [0, 0.1) is 17.8 Å². The Balaban J connectivity index is 2.44. The first-order chi connectivity index (χ1) is 9.44. The maximum atomic E-state index is 12.1. The average Bonchev–Trinajstić information content (AvgIpc) is 2.63. The molecule has 1 N–H and O–H groups in total. The van der Waals surface area contributed by atoms with Crippen LogP contribution in [-0.2, 0) is 10.0 Å². The van der Waals surface area contributed by atoms with Crippen LogP contribution in [0.15, 0.2) is 18.2 Å². The minimum atomic E-state index is -3.28. The summed E-state index contributed by atoms with van der Waals surface area (Å²) in [5.74, 6) is 5.93. The largest absolute Gasteiger partial charge is 0.395 e. The molecule has 0 radical (unpaired) electrons. The third kappa shape index (κ3) is 3.26. The molecule has 0 aliphatic carbocycles. The van der Waals surface area contributed by atoms with E-state index in [4.69, 9.17) is 16.7 Å². The molecule has 0 aromatic heterocycles. The molecule has 1 unspecified atom stereocenters. The summed E-state index contributed by atoms with van der Waals surface area (Å²) < 4.78 is 25.7. The molecule has 1 heterocycles. The highest BCUT2D eigenvalue weighted by molar-refractivity contribution is 7.93. The summed E-state index contributed by atoms with van der Waals surface area (Å²) in [4.78, 5) is 0. The van der Waals surface area contributed by atoms with Gasteiger partial charge in [-0.3, -0.25) is 4.31 Å². The minimum Gasteiger partial charge on any atom is -0.395 e. The highest BCUT2D eigenvalue weighted by atomic mass is 35.5. The molecule has 1 aromatic rings. The van der Waals surface area contributed by atoms with Crippen LogP contribution < -0.4 is 4.31 Å². The van der Waals surface area contributed by atoms with Crippen LogP contribution in [0.25, 0.3) is 0 Å². The van der Waals surface area contributed by atoms with Crippen molar-refractivity contribution in [2.24, 2.45) is 5.92 Å². The summed E-state index contributed by atoms with van der Waals surface area (Å²) in [6, 6.07) is 4.99. The number of hydrogen-bond donors (Lipinski definition) is 1. The van der Waals surface area contributed by atoms with Gasteiger partial charge in [-0.05, 0) is 24.1 Å². The molecule has 0 spiro atoms. The lowest BCUT2D eigenvalue weighted by Gasteiger charge is -2.19. The van der Waals surface area contributed by atoms with Crippen molar-refractivity contribution in [1.82, 2.24) is 0 Å². The summed E-state index contributed by atoms with van der Waals surface area (Å²) in [7, 11) is -3.28. The van der Waals surface area contributed by atoms with Gasteiger partial charge in [0.15, 0.2) is 0 Å². The molecule has 1 aliphatic heterocycles. The van der Waals surface area contributed by atoms with E-state index in [9.17, 15) is 8.42 Å². The fourth-order valence-electron chi connectivity index (χ4n) is 2.19. The Bertz CT molecular complexity index is 661. The zero-order valence-electron chi connectivity index (χ0n) is 11.1. The van der Waals surface area contributed by atoms with Gasteiger partial charge in [0, 0.05) is 18.0 Å². The number of halogens is 1.